The molecule has 2 heterocycles. The van der Waals surface area contributed by atoms with Gasteiger partial charge in [0.05, 0.1) is 5.39 Å². The highest BCUT2D eigenvalue weighted by molar-refractivity contribution is 7.18. The molecule has 0 aliphatic rings. The van der Waals surface area contributed by atoms with Crippen molar-refractivity contribution in [1.82, 2.24) is 9.97 Å². The highest BCUT2D eigenvalue weighted by Gasteiger charge is 2.17. The molecule has 0 saturated heterocycles. The molecule has 0 bridgehead atoms. The number of aryl methyl sites for hydroxylation is 2. The number of rotatable bonds is 4. The van der Waals surface area contributed by atoms with E-state index in [1.807, 2.05) is 20.8 Å². The third-order valence-corrected chi connectivity index (χ3v) is 4.33. The van der Waals surface area contributed by atoms with Crippen LogP contribution in [0.5, 0.6) is 0 Å². The maximum Gasteiger partial charge on any atom is 0.331 e. The minimum Gasteiger partial charge on any atom is -0.451 e. The van der Waals surface area contributed by atoms with Gasteiger partial charge < -0.3 is 9.72 Å². The highest BCUT2D eigenvalue weighted by atomic mass is 32.1. The molecular weight excluding hydrogens is 288 g/mol. The van der Waals surface area contributed by atoms with Gasteiger partial charge in [0.1, 0.15) is 4.83 Å². The lowest BCUT2D eigenvalue weighted by molar-refractivity contribution is -0.142. The number of fused-ring (bicyclic) bond motifs is 1. The number of nitrogens with one attached hydrogen (secondary N) is 1. The molecule has 0 aliphatic heterocycles. The van der Waals surface area contributed by atoms with Crippen LogP contribution < -0.4 is 5.56 Å². The predicted octanol–water partition coefficient (Wildman–Crippen LogP) is 3.17. The van der Waals surface area contributed by atoms with Gasteiger partial charge in [-0.05, 0) is 32.8 Å². The van der Waals surface area contributed by atoms with Crippen LogP contribution in [0.3, 0.4) is 0 Å². The van der Waals surface area contributed by atoms with Crippen molar-refractivity contribution in [3.8, 4) is 0 Å². The molecular formula is C15H18N2O3S. The Morgan fingerprint density at radius 2 is 2.19 bits per heavy atom. The average Bonchev–Trinajstić information content (AvgIpc) is 2.72. The topological polar surface area (TPSA) is 72.0 Å². The molecule has 112 valence electrons. The molecule has 2 aromatic heterocycles. The first-order valence-electron chi connectivity index (χ1n) is 6.81. The van der Waals surface area contributed by atoms with Gasteiger partial charge in [0.2, 0.25) is 0 Å². The maximum atomic E-state index is 12.2. The van der Waals surface area contributed by atoms with E-state index < -0.39 is 12.1 Å². The number of aromatic amines is 1. The molecule has 2 rings (SSSR count). The zero-order chi connectivity index (χ0) is 15.6. The van der Waals surface area contributed by atoms with Crippen LogP contribution in [0.2, 0.25) is 0 Å². The highest BCUT2D eigenvalue weighted by Crippen LogP contribution is 2.26. The molecule has 0 amide bonds. The van der Waals surface area contributed by atoms with Crippen molar-refractivity contribution in [1.29, 1.82) is 0 Å². The van der Waals surface area contributed by atoms with Crippen molar-refractivity contribution in [2.75, 3.05) is 0 Å². The van der Waals surface area contributed by atoms with Crippen molar-refractivity contribution < 1.29 is 9.53 Å². The number of hydrogen-bond acceptors (Lipinski definition) is 5. The lowest BCUT2D eigenvalue weighted by Gasteiger charge is -2.10. The number of hydrogen-bond donors (Lipinski definition) is 1. The Labute approximate surface area is 126 Å². The number of esters is 1. The molecule has 0 aliphatic carbocycles. The van der Waals surface area contributed by atoms with Gasteiger partial charge in [-0.2, -0.15) is 0 Å². The minimum absolute atomic E-state index is 0.191. The summed E-state index contributed by atoms with van der Waals surface area (Å²) >= 11 is 1.47. The van der Waals surface area contributed by atoms with Crippen molar-refractivity contribution >= 4 is 27.5 Å². The quantitative estimate of drug-likeness (QED) is 0.695. The predicted molar refractivity (Wildman–Crippen MR) is 83.7 cm³/mol. The van der Waals surface area contributed by atoms with Crippen LogP contribution in [0.1, 0.15) is 42.6 Å². The molecule has 1 N–H and O–H groups in total. The Bertz CT molecular complexity index is 758. The molecule has 2 aromatic rings. The molecule has 6 heteroatoms. The number of aromatic nitrogens is 2. The Morgan fingerprint density at radius 3 is 2.86 bits per heavy atom. The fourth-order valence-corrected chi connectivity index (χ4v) is 2.98. The van der Waals surface area contributed by atoms with Crippen LogP contribution in [-0.4, -0.2) is 15.9 Å². The molecule has 0 spiro atoms. The van der Waals surface area contributed by atoms with Gasteiger partial charge in [-0.25, -0.2) is 9.78 Å². The molecule has 0 fully saturated rings. The van der Waals surface area contributed by atoms with Crippen LogP contribution in [0.4, 0.5) is 0 Å². The van der Waals surface area contributed by atoms with Crippen molar-refractivity contribution in [3.63, 3.8) is 0 Å². The van der Waals surface area contributed by atoms with Gasteiger partial charge in [0.25, 0.3) is 5.56 Å². The summed E-state index contributed by atoms with van der Waals surface area (Å²) in [6.45, 7) is 7.49. The molecule has 0 aromatic carbocycles. The number of ether oxygens (including phenoxy) is 1. The number of carbonyl (C=O) groups is 1. The van der Waals surface area contributed by atoms with E-state index >= 15 is 0 Å². The van der Waals surface area contributed by atoms with Crippen molar-refractivity contribution in [3.05, 3.63) is 38.8 Å². The van der Waals surface area contributed by atoms with Gasteiger partial charge in [0, 0.05) is 11.0 Å². The number of H-pyrrole nitrogens is 1. The van der Waals surface area contributed by atoms with Gasteiger partial charge in [-0.15, -0.1) is 11.3 Å². The zero-order valence-corrected chi connectivity index (χ0v) is 13.3. The second-order valence-corrected chi connectivity index (χ2v) is 6.01. The fourth-order valence-electron chi connectivity index (χ4n) is 1.95. The Morgan fingerprint density at radius 1 is 1.48 bits per heavy atom. The van der Waals surface area contributed by atoms with E-state index in [2.05, 4.69) is 9.97 Å². The molecule has 1 atom stereocenters. The van der Waals surface area contributed by atoms with E-state index in [1.54, 1.807) is 13.0 Å². The minimum atomic E-state index is -0.598. The molecule has 21 heavy (non-hydrogen) atoms. The van der Waals surface area contributed by atoms with E-state index in [1.165, 1.54) is 17.4 Å². The molecule has 5 nitrogen and oxygen atoms in total. The molecule has 0 saturated carbocycles. The monoisotopic (exact) mass is 306 g/mol. The Hall–Kier alpha value is -1.95. The lowest BCUT2D eigenvalue weighted by atomic mass is 10.2. The summed E-state index contributed by atoms with van der Waals surface area (Å²) in [5, 5.41) is 0.616. The first-order valence-corrected chi connectivity index (χ1v) is 7.62. The third kappa shape index (κ3) is 3.21. The number of thiophene rings is 1. The summed E-state index contributed by atoms with van der Waals surface area (Å²) in [5.74, 6) is -0.0716. The number of nitrogens with zero attached hydrogens (tertiary/aromatic N) is 1. The Kier molecular flexibility index (Phi) is 4.57. The Balaban J connectivity index is 2.32. The van der Waals surface area contributed by atoms with Crippen LogP contribution in [0.15, 0.2) is 16.9 Å². The summed E-state index contributed by atoms with van der Waals surface area (Å²) in [5.41, 5.74) is 0.759. The summed E-state index contributed by atoms with van der Waals surface area (Å²) in [7, 11) is 0. The van der Waals surface area contributed by atoms with Crippen LogP contribution in [0.25, 0.3) is 10.2 Å². The van der Waals surface area contributed by atoms with E-state index in [-0.39, 0.29) is 5.56 Å². The van der Waals surface area contributed by atoms with E-state index in [9.17, 15) is 9.59 Å². The largest absolute Gasteiger partial charge is 0.451 e. The van der Waals surface area contributed by atoms with E-state index in [4.69, 9.17) is 4.74 Å². The van der Waals surface area contributed by atoms with Crippen LogP contribution in [-0.2, 0) is 9.53 Å². The smallest absolute Gasteiger partial charge is 0.331 e. The second-order valence-electron chi connectivity index (χ2n) is 4.80. The average molecular weight is 306 g/mol. The standard InChI is InChI=1S/C15H18N2O3S/c1-5-6-7-11(18)20-9(3)13-16-14(19)12-8(2)10(4)21-15(12)17-13/h6-7,9H,5H2,1-4H3,(H,16,17,19)/b7-6+/t9-/m1/s1. The lowest BCUT2D eigenvalue weighted by Crippen LogP contribution is -2.16. The van der Waals surface area contributed by atoms with E-state index in [0.29, 0.717) is 16.0 Å². The maximum absolute atomic E-state index is 12.2. The molecule has 0 radical (unpaired) electrons. The van der Waals surface area contributed by atoms with Gasteiger partial charge in [0.15, 0.2) is 11.9 Å². The van der Waals surface area contributed by atoms with Crippen molar-refractivity contribution in [2.24, 2.45) is 0 Å². The SMILES string of the molecule is CC/C=C/C(=O)O[C@H](C)c1nc2sc(C)c(C)c2c(=O)[nH]1. The zero-order valence-electron chi connectivity index (χ0n) is 12.5. The first kappa shape index (κ1) is 15.4. The fraction of sp³-hybridized carbons (Fsp3) is 0.400. The second kappa shape index (κ2) is 6.22. The van der Waals surface area contributed by atoms with Crippen LogP contribution >= 0.6 is 11.3 Å². The van der Waals surface area contributed by atoms with Crippen LogP contribution in [0, 0.1) is 13.8 Å². The summed E-state index contributed by atoms with van der Waals surface area (Å²) in [6, 6.07) is 0. The van der Waals surface area contributed by atoms with Gasteiger partial charge in [-0.1, -0.05) is 13.0 Å². The normalized spacial score (nSPS) is 13.0. The number of carbonyl (C=O) groups excluding carboxylic acids is 1. The van der Waals surface area contributed by atoms with Gasteiger partial charge in [-0.3, -0.25) is 4.79 Å². The summed E-state index contributed by atoms with van der Waals surface area (Å²) < 4.78 is 5.23. The van der Waals surface area contributed by atoms with E-state index in [0.717, 1.165) is 16.9 Å². The summed E-state index contributed by atoms with van der Waals surface area (Å²) in [4.78, 5) is 32.6. The number of allylic oxidation sites excluding steroid dienone is 1. The third-order valence-electron chi connectivity index (χ3n) is 3.23. The van der Waals surface area contributed by atoms with Gasteiger partial charge >= 0.3 is 5.97 Å². The van der Waals surface area contributed by atoms with Crippen molar-refractivity contribution in [2.45, 2.75) is 40.2 Å². The first-order chi connectivity index (χ1) is 9.93. The summed E-state index contributed by atoms with van der Waals surface area (Å²) in [6.07, 6.45) is 3.27. The molecule has 0 unspecified atom stereocenters.